The highest BCUT2D eigenvalue weighted by Crippen LogP contribution is 2.51. The van der Waals surface area contributed by atoms with E-state index >= 15 is 0 Å². The molecule has 1 aliphatic carbocycles. The number of alkyl halides is 2. The average molecular weight is 473 g/mol. The topological polar surface area (TPSA) is 3.24 Å². The van der Waals surface area contributed by atoms with Crippen LogP contribution in [-0.4, -0.2) is 24.5 Å². The summed E-state index contributed by atoms with van der Waals surface area (Å²) < 4.78 is 0. The fourth-order valence-corrected chi connectivity index (χ4v) is 5.58. The second kappa shape index (κ2) is 7.84. The monoisotopic (exact) mass is 471 g/mol. The van der Waals surface area contributed by atoms with Gasteiger partial charge >= 0.3 is 0 Å². The third-order valence-corrected chi connectivity index (χ3v) is 8.27. The normalized spacial score (nSPS) is 23.2. The molecule has 2 aromatic carbocycles. The Morgan fingerprint density at radius 2 is 1.38 bits per heavy atom. The van der Waals surface area contributed by atoms with Crippen LogP contribution in [0.2, 0.25) is 0 Å². The largest absolute Gasteiger partial charge is 0.299 e. The lowest BCUT2D eigenvalue weighted by molar-refractivity contribution is 0.283. The molecule has 0 amide bonds. The van der Waals surface area contributed by atoms with Crippen molar-refractivity contribution in [3.63, 3.8) is 0 Å². The first-order chi connectivity index (χ1) is 12.7. The maximum atomic E-state index is 3.97. The fraction of sp³-hybridized carbons (Fsp3) is 0.304. The summed E-state index contributed by atoms with van der Waals surface area (Å²) in [6.07, 6.45) is 4.27. The van der Waals surface area contributed by atoms with Crippen LogP contribution >= 0.6 is 31.9 Å². The molecule has 0 bridgehead atoms. The molecule has 1 aliphatic heterocycles. The zero-order valence-electron chi connectivity index (χ0n) is 14.8. The van der Waals surface area contributed by atoms with E-state index in [0.717, 1.165) is 32.5 Å². The molecule has 2 unspecified atom stereocenters. The second-order valence-electron chi connectivity index (χ2n) is 7.05. The Bertz CT molecular complexity index is 791. The van der Waals surface area contributed by atoms with E-state index in [0.29, 0.717) is 0 Å². The second-order valence-corrected chi connectivity index (χ2v) is 9.02. The van der Waals surface area contributed by atoms with Crippen molar-refractivity contribution in [3.8, 4) is 0 Å². The van der Waals surface area contributed by atoms with E-state index < -0.39 is 0 Å². The highest BCUT2D eigenvalue weighted by atomic mass is 79.9. The van der Waals surface area contributed by atoms with Crippen molar-refractivity contribution in [3.05, 3.63) is 89.0 Å². The molecule has 1 fully saturated rings. The van der Waals surface area contributed by atoms with Gasteiger partial charge in [-0.05, 0) is 40.7 Å². The number of rotatable bonds is 2. The number of likely N-dealkylation sites (tertiary alicyclic amines) is 1. The summed E-state index contributed by atoms with van der Waals surface area (Å²) in [4.78, 5) is 3.02. The number of hydrogen-bond acceptors (Lipinski definition) is 1. The van der Waals surface area contributed by atoms with E-state index in [1.54, 1.807) is 5.57 Å². The Hall–Kier alpha value is -1.16. The summed E-state index contributed by atoms with van der Waals surface area (Å²) in [7, 11) is 0. The third-order valence-electron chi connectivity index (χ3n) is 5.51. The van der Waals surface area contributed by atoms with Crippen LogP contribution in [0, 0.1) is 0 Å². The molecule has 0 spiro atoms. The summed E-state index contributed by atoms with van der Waals surface area (Å²) in [6.45, 7) is 7.11. The zero-order chi connectivity index (χ0) is 18.1. The van der Waals surface area contributed by atoms with Crippen molar-refractivity contribution in [1.29, 1.82) is 0 Å². The van der Waals surface area contributed by atoms with Gasteiger partial charge in [-0.2, -0.15) is 0 Å². The van der Waals surface area contributed by atoms with Crippen LogP contribution < -0.4 is 0 Å². The summed E-state index contributed by atoms with van der Waals surface area (Å²) in [5.74, 6) is 0. The molecule has 0 radical (unpaired) electrons. The Morgan fingerprint density at radius 3 is 1.88 bits per heavy atom. The molecular weight excluding hydrogens is 450 g/mol. The molecule has 0 N–H and O–H groups in total. The van der Waals surface area contributed by atoms with Crippen molar-refractivity contribution < 1.29 is 0 Å². The summed E-state index contributed by atoms with van der Waals surface area (Å²) in [5, 5.41) is 0. The van der Waals surface area contributed by atoms with Crippen molar-refractivity contribution in [2.75, 3.05) is 19.6 Å². The van der Waals surface area contributed by atoms with Gasteiger partial charge in [-0.25, -0.2) is 0 Å². The first-order valence-corrected chi connectivity index (χ1v) is 11.1. The molecular formula is C23H23Br2N. The van der Waals surface area contributed by atoms with Crippen molar-refractivity contribution in [1.82, 2.24) is 4.90 Å². The summed E-state index contributed by atoms with van der Waals surface area (Å²) in [5.41, 5.74) is 8.57. The lowest BCUT2D eigenvalue weighted by atomic mass is 9.86. The number of nitrogens with zero attached hydrogens (tertiary/aromatic N) is 1. The maximum Gasteiger partial charge on any atom is 0.0567 e. The Balaban J connectivity index is 1.89. The van der Waals surface area contributed by atoms with E-state index in [2.05, 4.69) is 91.9 Å². The molecule has 4 rings (SSSR count). The molecule has 134 valence electrons. The van der Waals surface area contributed by atoms with Crippen molar-refractivity contribution in [2.24, 2.45) is 0 Å². The van der Waals surface area contributed by atoms with Gasteiger partial charge in [0.2, 0.25) is 0 Å². The van der Waals surface area contributed by atoms with Gasteiger partial charge in [-0.15, -0.1) is 6.58 Å². The maximum absolute atomic E-state index is 3.97. The van der Waals surface area contributed by atoms with Gasteiger partial charge in [0.25, 0.3) is 0 Å². The lowest BCUT2D eigenvalue weighted by Crippen LogP contribution is -2.31. The number of halogens is 2. The van der Waals surface area contributed by atoms with Gasteiger partial charge in [0.1, 0.15) is 0 Å². The molecule has 0 aromatic heterocycles. The van der Waals surface area contributed by atoms with E-state index in [9.17, 15) is 0 Å². The number of piperidine rings is 1. The predicted molar refractivity (Wildman–Crippen MR) is 118 cm³/mol. The smallest absolute Gasteiger partial charge is 0.0567 e. The van der Waals surface area contributed by atoms with Crippen molar-refractivity contribution in [2.45, 2.75) is 22.5 Å². The number of hydrogen-bond donors (Lipinski definition) is 0. The summed E-state index contributed by atoms with van der Waals surface area (Å²) >= 11 is 7.93. The standard InChI is InChI=1S/C23H23Br2N/c1-2-13-26-14-11-16(12-15-26)21-17-7-3-5-9-19(17)22(24)23(25)20-10-6-4-8-18(20)21/h2-10,22-23H,1,11-15H2. The predicted octanol–water partition coefficient (Wildman–Crippen LogP) is 6.66. The van der Waals surface area contributed by atoms with Gasteiger partial charge in [-0.1, -0.05) is 92.0 Å². The Labute approximate surface area is 173 Å². The Kier molecular flexibility index (Phi) is 5.49. The first kappa shape index (κ1) is 18.2. The van der Waals surface area contributed by atoms with Gasteiger partial charge in [0, 0.05) is 19.6 Å². The van der Waals surface area contributed by atoms with Gasteiger partial charge in [0.15, 0.2) is 0 Å². The first-order valence-electron chi connectivity index (χ1n) is 9.22. The van der Waals surface area contributed by atoms with Crippen molar-refractivity contribution >= 4 is 37.4 Å². The van der Waals surface area contributed by atoms with E-state index in [1.165, 1.54) is 27.8 Å². The highest BCUT2D eigenvalue weighted by molar-refractivity contribution is 9.12. The average Bonchev–Trinajstić information content (AvgIpc) is 2.78. The van der Waals surface area contributed by atoms with Gasteiger partial charge in [-0.3, -0.25) is 4.90 Å². The highest BCUT2D eigenvalue weighted by Gasteiger charge is 2.31. The molecule has 1 heterocycles. The van der Waals surface area contributed by atoms with Crippen LogP contribution in [0.5, 0.6) is 0 Å². The lowest BCUT2D eigenvalue weighted by Gasteiger charge is -2.29. The van der Waals surface area contributed by atoms with Crippen LogP contribution in [0.1, 0.15) is 44.7 Å². The quantitative estimate of drug-likeness (QED) is 0.349. The molecule has 2 atom stereocenters. The SMILES string of the molecule is C=CCN1CCC(=C2c3ccccc3C(Br)C(Br)c3ccccc32)CC1. The minimum Gasteiger partial charge on any atom is -0.299 e. The number of fused-ring (bicyclic) bond motifs is 2. The van der Waals surface area contributed by atoms with Crippen LogP contribution in [0.4, 0.5) is 0 Å². The van der Waals surface area contributed by atoms with E-state index in [4.69, 9.17) is 0 Å². The van der Waals surface area contributed by atoms with Crippen LogP contribution in [0.3, 0.4) is 0 Å². The van der Waals surface area contributed by atoms with Crippen LogP contribution in [0.15, 0.2) is 66.8 Å². The molecule has 1 saturated heterocycles. The summed E-state index contributed by atoms with van der Waals surface area (Å²) in [6, 6.07) is 17.8. The molecule has 2 aliphatic rings. The van der Waals surface area contributed by atoms with Crippen LogP contribution in [-0.2, 0) is 0 Å². The molecule has 0 saturated carbocycles. The molecule has 26 heavy (non-hydrogen) atoms. The third kappa shape index (κ3) is 3.26. The number of benzene rings is 2. The molecule has 2 aromatic rings. The minimum atomic E-state index is 0.263. The zero-order valence-corrected chi connectivity index (χ0v) is 18.0. The van der Waals surface area contributed by atoms with Gasteiger partial charge < -0.3 is 0 Å². The molecule has 1 nitrogen and oxygen atoms in total. The Morgan fingerprint density at radius 1 is 0.885 bits per heavy atom. The van der Waals surface area contributed by atoms with E-state index in [-0.39, 0.29) is 9.65 Å². The van der Waals surface area contributed by atoms with Crippen LogP contribution in [0.25, 0.3) is 5.57 Å². The molecule has 3 heteroatoms. The fourth-order valence-electron chi connectivity index (χ4n) is 4.21. The minimum absolute atomic E-state index is 0.263. The van der Waals surface area contributed by atoms with Gasteiger partial charge in [0.05, 0.1) is 9.65 Å². The van der Waals surface area contributed by atoms with E-state index in [1.807, 2.05) is 6.08 Å².